The van der Waals surface area contributed by atoms with E-state index in [0.717, 1.165) is 30.2 Å². The summed E-state index contributed by atoms with van der Waals surface area (Å²) in [6.45, 7) is 8.35. The Bertz CT molecular complexity index is 847. The molecule has 2 amide bonds. The summed E-state index contributed by atoms with van der Waals surface area (Å²) in [5.41, 5.74) is 3.49. The van der Waals surface area contributed by atoms with Crippen molar-refractivity contribution in [3.8, 4) is 11.5 Å². The molecule has 0 radical (unpaired) electrons. The number of anilines is 1. The molecule has 1 atom stereocenters. The number of hydrogen-bond donors (Lipinski definition) is 1. The molecule has 148 valence electrons. The highest BCUT2D eigenvalue weighted by atomic mass is 16.6. The normalized spacial score (nSPS) is 17.2. The Kier molecular flexibility index (Phi) is 5.28. The molecule has 2 aromatic rings. The number of aryl methyl sites for hydroxylation is 1. The van der Waals surface area contributed by atoms with Gasteiger partial charge in [0.25, 0.3) is 0 Å². The van der Waals surface area contributed by atoms with Gasteiger partial charge in [-0.15, -0.1) is 0 Å². The van der Waals surface area contributed by atoms with Crippen LogP contribution in [0.25, 0.3) is 0 Å². The fourth-order valence-electron chi connectivity index (χ4n) is 3.68. The topological polar surface area (TPSA) is 54.0 Å². The molecule has 4 rings (SSSR count). The lowest BCUT2D eigenvalue weighted by Crippen LogP contribution is -2.52. The van der Waals surface area contributed by atoms with Crippen LogP contribution in [0.2, 0.25) is 0 Å². The van der Waals surface area contributed by atoms with Crippen LogP contribution in [-0.2, 0) is 0 Å². The summed E-state index contributed by atoms with van der Waals surface area (Å²) >= 11 is 0. The Hall–Kier alpha value is -2.89. The van der Waals surface area contributed by atoms with Gasteiger partial charge < -0.3 is 24.6 Å². The Morgan fingerprint density at radius 3 is 2.50 bits per heavy atom. The molecule has 0 aromatic heterocycles. The Balaban J connectivity index is 1.33. The summed E-state index contributed by atoms with van der Waals surface area (Å²) in [4.78, 5) is 16.9. The minimum Gasteiger partial charge on any atom is -0.486 e. The monoisotopic (exact) mass is 381 g/mol. The van der Waals surface area contributed by atoms with Crippen molar-refractivity contribution in [3.63, 3.8) is 0 Å². The van der Waals surface area contributed by atoms with E-state index in [1.54, 1.807) is 0 Å². The van der Waals surface area contributed by atoms with Crippen molar-refractivity contribution in [1.82, 2.24) is 10.2 Å². The zero-order chi connectivity index (χ0) is 19.5. The van der Waals surface area contributed by atoms with Crippen molar-refractivity contribution >= 4 is 11.7 Å². The SMILES string of the molecule is Cc1cccc(N2CCN(C(=O)NC(C)c3ccc4c(c3)OCCO4)CC2)c1. The van der Waals surface area contributed by atoms with Gasteiger partial charge in [0.2, 0.25) is 0 Å². The molecule has 0 spiro atoms. The largest absolute Gasteiger partial charge is 0.486 e. The Labute approximate surface area is 166 Å². The number of nitrogens with one attached hydrogen (secondary N) is 1. The van der Waals surface area contributed by atoms with E-state index in [2.05, 4.69) is 41.4 Å². The van der Waals surface area contributed by atoms with Gasteiger partial charge in [-0.25, -0.2) is 4.79 Å². The summed E-state index contributed by atoms with van der Waals surface area (Å²) in [6.07, 6.45) is 0. The lowest BCUT2D eigenvalue weighted by atomic mass is 10.1. The van der Waals surface area contributed by atoms with Crippen LogP contribution in [0.4, 0.5) is 10.5 Å². The molecule has 2 aliphatic heterocycles. The van der Waals surface area contributed by atoms with E-state index in [-0.39, 0.29) is 12.1 Å². The molecule has 1 unspecified atom stereocenters. The molecule has 1 fully saturated rings. The second kappa shape index (κ2) is 8.00. The second-order valence-electron chi connectivity index (χ2n) is 7.39. The number of amides is 2. The van der Waals surface area contributed by atoms with E-state index >= 15 is 0 Å². The smallest absolute Gasteiger partial charge is 0.317 e. The van der Waals surface area contributed by atoms with E-state index in [1.807, 2.05) is 30.0 Å². The number of hydrogen-bond acceptors (Lipinski definition) is 4. The van der Waals surface area contributed by atoms with Crippen molar-refractivity contribution in [2.24, 2.45) is 0 Å². The summed E-state index contributed by atoms with van der Waals surface area (Å²) in [5.74, 6) is 1.51. The first-order chi connectivity index (χ1) is 13.6. The van der Waals surface area contributed by atoms with Gasteiger partial charge in [-0.2, -0.15) is 0 Å². The van der Waals surface area contributed by atoms with E-state index in [1.165, 1.54) is 11.3 Å². The van der Waals surface area contributed by atoms with E-state index < -0.39 is 0 Å². The first-order valence-electron chi connectivity index (χ1n) is 9.87. The predicted molar refractivity (Wildman–Crippen MR) is 109 cm³/mol. The molecule has 1 saturated heterocycles. The molecule has 6 nitrogen and oxygen atoms in total. The van der Waals surface area contributed by atoms with E-state index in [0.29, 0.717) is 26.3 Å². The van der Waals surface area contributed by atoms with Crippen LogP contribution >= 0.6 is 0 Å². The average Bonchev–Trinajstić information content (AvgIpc) is 2.73. The van der Waals surface area contributed by atoms with Crippen LogP contribution in [0.1, 0.15) is 24.1 Å². The third kappa shape index (κ3) is 4.01. The van der Waals surface area contributed by atoms with Gasteiger partial charge in [-0.05, 0) is 49.2 Å². The molecule has 0 saturated carbocycles. The van der Waals surface area contributed by atoms with Crippen LogP contribution in [0.3, 0.4) is 0 Å². The number of ether oxygens (including phenoxy) is 2. The molecule has 0 aliphatic carbocycles. The predicted octanol–water partition coefficient (Wildman–Crippen LogP) is 3.36. The fourth-order valence-corrected chi connectivity index (χ4v) is 3.68. The van der Waals surface area contributed by atoms with Crippen LogP contribution in [0.5, 0.6) is 11.5 Å². The van der Waals surface area contributed by atoms with Gasteiger partial charge >= 0.3 is 6.03 Å². The van der Waals surface area contributed by atoms with Crippen molar-refractivity contribution in [1.29, 1.82) is 0 Å². The van der Waals surface area contributed by atoms with Gasteiger partial charge in [0.15, 0.2) is 11.5 Å². The Morgan fingerprint density at radius 2 is 1.75 bits per heavy atom. The lowest BCUT2D eigenvalue weighted by Gasteiger charge is -2.36. The lowest BCUT2D eigenvalue weighted by molar-refractivity contribution is 0.171. The maximum absolute atomic E-state index is 12.7. The molecule has 28 heavy (non-hydrogen) atoms. The van der Waals surface area contributed by atoms with Crippen LogP contribution in [-0.4, -0.2) is 50.3 Å². The molecule has 0 bridgehead atoms. The molecular formula is C22H27N3O3. The molecular weight excluding hydrogens is 354 g/mol. The minimum atomic E-state index is -0.0990. The number of carbonyl (C=O) groups is 1. The summed E-state index contributed by atoms with van der Waals surface area (Å²) in [7, 11) is 0. The number of urea groups is 1. The second-order valence-corrected chi connectivity index (χ2v) is 7.39. The zero-order valence-electron chi connectivity index (χ0n) is 16.5. The van der Waals surface area contributed by atoms with Gasteiger partial charge in [0.1, 0.15) is 13.2 Å². The number of nitrogens with zero attached hydrogens (tertiary/aromatic N) is 2. The fraction of sp³-hybridized carbons (Fsp3) is 0.409. The van der Waals surface area contributed by atoms with Crippen molar-refractivity contribution < 1.29 is 14.3 Å². The molecule has 2 aromatic carbocycles. The highest BCUT2D eigenvalue weighted by Crippen LogP contribution is 2.32. The van der Waals surface area contributed by atoms with Crippen molar-refractivity contribution in [2.45, 2.75) is 19.9 Å². The third-order valence-corrected chi connectivity index (χ3v) is 5.34. The zero-order valence-corrected chi connectivity index (χ0v) is 16.5. The van der Waals surface area contributed by atoms with Crippen LogP contribution < -0.4 is 19.7 Å². The van der Waals surface area contributed by atoms with E-state index in [4.69, 9.17) is 9.47 Å². The quantitative estimate of drug-likeness (QED) is 0.886. The van der Waals surface area contributed by atoms with Crippen LogP contribution in [0, 0.1) is 6.92 Å². The maximum Gasteiger partial charge on any atom is 0.317 e. The molecule has 6 heteroatoms. The minimum absolute atomic E-state index is 0.0220. The average molecular weight is 381 g/mol. The van der Waals surface area contributed by atoms with Gasteiger partial charge in [-0.1, -0.05) is 18.2 Å². The first-order valence-corrected chi connectivity index (χ1v) is 9.87. The highest BCUT2D eigenvalue weighted by Gasteiger charge is 2.23. The standard InChI is InChI=1S/C22H27N3O3/c1-16-4-3-5-19(14-16)24-8-10-25(11-9-24)22(26)23-17(2)18-6-7-20-21(15-18)28-13-12-27-20/h3-7,14-15,17H,8-13H2,1-2H3,(H,23,26). The number of carbonyl (C=O) groups excluding carboxylic acids is 1. The summed E-state index contributed by atoms with van der Waals surface area (Å²) in [6, 6.07) is 14.2. The first kappa shape index (κ1) is 18.5. The summed E-state index contributed by atoms with van der Waals surface area (Å²) in [5, 5.41) is 3.11. The van der Waals surface area contributed by atoms with Crippen LogP contribution in [0.15, 0.2) is 42.5 Å². The van der Waals surface area contributed by atoms with Gasteiger partial charge in [-0.3, -0.25) is 0 Å². The van der Waals surface area contributed by atoms with Crippen molar-refractivity contribution in [3.05, 3.63) is 53.6 Å². The van der Waals surface area contributed by atoms with Gasteiger partial charge in [0, 0.05) is 31.9 Å². The third-order valence-electron chi connectivity index (χ3n) is 5.34. The molecule has 2 aliphatic rings. The van der Waals surface area contributed by atoms with Gasteiger partial charge in [0.05, 0.1) is 6.04 Å². The highest BCUT2D eigenvalue weighted by molar-refractivity contribution is 5.75. The summed E-state index contributed by atoms with van der Waals surface area (Å²) < 4.78 is 11.2. The maximum atomic E-state index is 12.7. The molecule has 2 heterocycles. The number of piperazine rings is 1. The number of fused-ring (bicyclic) bond motifs is 1. The van der Waals surface area contributed by atoms with E-state index in [9.17, 15) is 4.79 Å². The number of benzene rings is 2. The number of rotatable bonds is 3. The molecule has 1 N–H and O–H groups in total. The van der Waals surface area contributed by atoms with Crippen molar-refractivity contribution in [2.75, 3.05) is 44.3 Å². The Morgan fingerprint density at radius 1 is 1.00 bits per heavy atom.